The van der Waals surface area contributed by atoms with Gasteiger partial charge in [0.05, 0.1) is 12.6 Å². The van der Waals surface area contributed by atoms with Crippen molar-refractivity contribution in [3.05, 3.63) is 71.4 Å². The molecule has 1 aromatic heterocycles. The zero-order valence-corrected chi connectivity index (χ0v) is 14.5. The fraction of sp³-hybridized carbons (Fsp3) is 0.286. The van der Waals surface area contributed by atoms with Crippen molar-refractivity contribution >= 4 is 16.8 Å². The standard InChI is InChI=1S/C21H24N2O2/c1-15-18(19-9-5-6-10-20(19)22-15)11-12-21(25)23-17(14-24)13-16-7-3-2-4-8-16/h2-10,17,22,24H,11-14H2,1H3,(H,23,25)/t17-/m0/s1. The largest absolute Gasteiger partial charge is 0.394 e. The molecule has 25 heavy (non-hydrogen) atoms. The van der Waals surface area contributed by atoms with Crippen LogP contribution in [0.1, 0.15) is 23.2 Å². The fourth-order valence-electron chi connectivity index (χ4n) is 3.26. The molecule has 3 rings (SSSR count). The number of aliphatic hydroxyl groups excluding tert-OH is 1. The first-order valence-electron chi connectivity index (χ1n) is 8.67. The van der Waals surface area contributed by atoms with E-state index in [2.05, 4.69) is 16.4 Å². The summed E-state index contributed by atoms with van der Waals surface area (Å²) in [5, 5.41) is 13.7. The minimum Gasteiger partial charge on any atom is -0.394 e. The molecule has 0 fully saturated rings. The molecule has 0 aliphatic heterocycles. The fourth-order valence-corrected chi connectivity index (χ4v) is 3.26. The third-order valence-corrected chi connectivity index (χ3v) is 4.54. The van der Waals surface area contributed by atoms with Crippen LogP contribution >= 0.6 is 0 Å². The Labute approximate surface area is 147 Å². The summed E-state index contributed by atoms with van der Waals surface area (Å²) >= 11 is 0. The highest BCUT2D eigenvalue weighted by Gasteiger charge is 2.14. The average molecular weight is 336 g/mol. The van der Waals surface area contributed by atoms with Crippen LogP contribution < -0.4 is 5.32 Å². The number of aryl methyl sites for hydroxylation is 2. The summed E-state index contributed by atoms with van der Waals surface area (Å²) in [6.45, 7) is 1.98. The van der Waals surface area contributed by atoms with Crippen LogP contribution in [0.3, 0.4) is 0 Å². The van der Waals surface area contributed by atoms with Gasteiger partial charge >= 0.3 is 0 Å². The number of fused-ring (bicyclic) bond motifs is 1. The van der Waals surface area contributed by atoms with Crippen LogP contribution in [0.5, 0.6) is 0 Å². The van der Waals surface area contributed by atoms with Gasteiger partial charge in [0.2, 0.25) is 5.91 Å². The number of H-pyrrole nitrogens is 1. The van der Waals surface area contributed by atoms with Crippen molar-refractivity contribution in [2.24, 2.45) is 0 Å². The van der Waals surface area contributed by atoms with Crippen molar-refractivity contribution in [1.29, 1.82) is 0 Å². The molecule has 4 heteroatoms. The molecule has 1 atom stereocenters. The highest BCUT2D eigenvalue weighted by Crippen LogP contribution is 2.23. The van der Waals surface area contributed by atoms with E-state index in [0.717, 1.165) is 16.8 Å². The Kier molecular flexibility index (Phi) is 5.51. The molecule has 0 saturated carbocycles. The third kappa shape index (κ3) is 4.28. The van der Waals surface area contributed by atoms with Crippen LogP contribution in [0.15, 0.2) is 54.6 Å². The van der Waals surface area contributed by atoms with Gasteiger partial charge in [0.25, 0.3) is 0 Å². The number of nitrogens with one attached hydrogen (secondary N) is 2. The summed E-state index contributed by atoms with van der Waals surface area (Å²) in [5.74, 6) is -0.0281. The number of para-hydroxylation sites is 1. The van der Waals surface area contributed by atoms with Gasteiger partial charge in [0.1, 0.15) is 0 Å². The predicted molar refractivity (Wildman–Crippen MR) is 101 cm³/mol. The maximum absolute atomic E-state index is 12.3. The first-order chi connectivity index (χ1) is 12.2. The minimum absolute atomic E-state index is 0.0281. The molecule has 0 spiro atoms. The van der Waals surface area contributed by atoms with E-state index < -0.39 is 0 Å². The molecule has 0 radical (unpaired) electrons. The van der Waals surface area contributed by atoms with Crippen molar-refractivity contribution in [1.82, 2.24) is 10.3 Å². The van der Waals surface area contributed by atoms with Gasteiger partial charge < -0.3 is 15.4 Å². The Morgan fingerprint density at radius 1 is 1.12 bits per heavy atom. The van der Waals surface area contributed by atoms with E-state index in [1.165, 1.54) is 10.9 Å². The molecule has 1 amide bonds. The first kappa shape index (κ1) is 17.2. The van der Waals surface area contributed by atoms with Gasteiger partial charge in [-0.15, -0.1) is 0 Å². The van der Waals surface area contributed by atoms with Crippen LogP contribution in [0, 0.1) is 6.92 Å². The van der Waals surface area contributed by atoms with E-state index >= 15 is 0 Å². The summed E-state index contributed by atoms with van der Waals surface area (Å²) in [7, 11) is 0. The molecule has 0 saturated heterocycles. The van der Waals surface area contributed by atoms with Crippen LogP contribution in [0.25, 0.3) is 10.9 Å². The number of amides is 1. The van der Waals surface area contributed by atoms with Gasteiger partial charge in [-0.3, -0.25) is 4.79 Å². The van der Waals surface area contributed by atoms with Crippen LogP contribution in [0.4, 0.5) is 0 Å². The lowest BCUT2D eigenvalue weighted by atomic mass is 10.0. The highest BCUT2D eigenvalue weighted by atomic mass is 16.3. The number of aromatic amines is 1. The number of benzene rings is 2. The van der Waals surface area contributed by atoms with Gasteiger partial charge in [0.15, 0.2) is 0 Å². The minimum atomic E-state index is -0.251. The normalized spacial score (nSPS) is 12.2. The van der Waals surface area contributed by atoms with E-state index in [4.69, 9.17) is 0 Å². The van der Waals surface area contributed by atoms with Crippen molar-refractivity contribution in [2.45, 2.75) is 32.2 Å². The Morgan fingerprint density at radius 3 is 2.60 bits per heavy atom. The Morgan fingerprint density at radius 2 is 1.84 bits per heavy atom. The topological polar surface area (TPSA) is 65.1 Å². The van der Waals surface area contributed by atoms with Crippen LogP contribution in [-0.4, -0.2) is 28.6 Å². The second-order valence-corrected chi connectivity index (χ2v) is 6.41. The number of hydrogen-bond acceptors (Lipinski definition) is 2. The van der Waals surface area contributed by atoms with E-state index in [1.807, 2.05) is 55.5 Å². The number of rotatable bonds is 7. The lowest BCUT2D eigenvalue weighted by Gasteiger charge is -2.16. The van der Waals surface area contributed by atoms with E-state index in [9.17, 15) is 9.90 Å². The highest BCUT2D eigenvalue weighted by molar-refractivity contribution is 5.85. The van der Waals surface area contributed by atoms with E-state index in [1.54, 1.807) is 0 Å². The maximum Gasteiger partial charge on any atom is 0.220 e. The molecule has 0 aliphatic rings. The maximum atomic E-state index is 12.3. The van der Waals surface area contributed by atoms with Crippen molar-refractivity contribution in [3.63, 3.8) is 0 Å². The number of hydrogen-bond donors (Lipinski definition) is 3. The molecule has 1 heterocycles. The Hall–Kier alpha value is -2.59. The summed E-state index contributed by atoms with van der Waals surface area (Å²) < 4.78 is 0. The van der Waals surface area contributed by atoms with Gasteiger partial charge in [-0.2, -0.15) is 0 Å². The second-order valence-electron chi connectivity index (χ2n) is 6.41. The van der Waals surface area contributed by atoms with Gasteiger partial charge in [0, 0.05) is 23.0 Å². The first-order valence-corrected chi connectivity index (χ1v) is 8.67. The summed E-state index contributed by atoms with van der Waals surface area (Å²) in [6.07, 6.45) is 1.73. The van der Waals surface area contributed by atoms with E-state index in [0.29, 0.717) is 19.3 Å². The van der Waals surface area contributed by atoms with Crippen molar-refractivity contribution < 1.29 is 9.90 Å². The van der Waals surface area contributed by atoms with Crippen molar-refractivity contribution in [2.75, 3.05) is 6.61 Å². The predicted octanol–water partition coefficient (Wildman–Crippen LogP) is 3.13. The molecule has 0 bridgehead atoms. The van der Waals surface area contributed by atoms with Crippen LogP contribution in [-0.2, 0) is 17.6 Å². The molecule has 3 aromatic rings. The molecule has 0 aliphatic carbocycles. The third-order valence-electron chi connectivity index (χ3n) is 4.54. The second kappa shape index (κ2) is 7.99. The monoisotopic (exact) mass is 336 g/mol. The lowest BCUT2D eigenvalue weighted by Crippen LogP contribution is -2.39. The number of aliphatic hydroxyl groups is 1. The lowest BCUT2D eigenvalue weighted by molar-refractivity contribution is -0.122. The van der Waals surface area contributed by atoms with E-state index in [-0.39, 0.29) is 18.6 Å². The smallest absolute Gasteiger partial charge is 0.220 e. The molecule has 4 nitrogen and oxygen atoms in total. The molecule has 130 valence electrons. The number of carbonyl (C=O) groups excluding carboxylic acids is 1. The number of carbonyl (C=O) groups is 1. The molecule has 0 unspecified atom stereocenters. The van der Waals surface area contributed by atoms with Crippen LogP contribution in [0.2, 0.25) is 0 Å². The zero-order chi connectivity index (χ0) is 17.6. The summed E-state index contributed by atoms with van der Waals surface area (Å²) in [4.78, 5) is 15.7. The van der Waals surface area contributed by atoms with Gasteiger partial charge in [-0.1, -0.05) is 48.5 Å². The average Bonchev–Trinajstić information content (AvgIpc) is 2.95. The van der Waals surface area contributed by atoms with Crippen molar-refractivity contribution in [3.8, 4) is 0 Å². The number of aromatic nitrogens is 1. The molecular formula is C21H24N2O2. The van der Waals surface area contributed by atoms with Gasteiger partial charge in [-0.05, 0) is 37.0 Å². The molecule has 3 N–H and O–H groups in total. The summed E-state index contributed by atoms with van der Waals surface area (Å²) in [5.41, 5.74) is 4.51. The quantitative estimate of drug-likeness (QED) is 0.621. The Balaban J connectivity index is 1.59. The Bertz CT molecular complexity index is 839. The SMILES string of the molecule is Cc1[nH]c2ccccc2c1CCC(=O)N[C@H](CO)Cc1ccccc1. The zero-order valence-electron chi connectivity index (χ0n) is 14.5. The molecular weight excluding hydrogens is 312 g/mol. The molecule has 2 aromatic carbocycles. The summed E-state index contributed by atoms with van der Waals surface area (Å²) in [6, 6.07) is 17.8. The van der Waals surface area contributed by atoms with Gasteiger partial charge in [-0.25, -0.2) is 0 Å².